The monoisotopic (exact) mass is 160 g/mol. The molecule has 0 unspecified atom stereocenters. The van der Waals surface area contributed by atoms with Crippen LogP contribution in [-0.4, -0.2) is 27.9 Å². The molecule has 0 fully saturated rings. The molecule has 0 bridgehead atoms. The second kappa shape index (κ2) is 2.69. The fourth-order valence-corrected chi connectivity index (χ4v) is 0.393. The molecule has 0 aromatic rings. The number of hydrogen-bond donors (Lipinski definition) is 2. The van der Waals surface area contributed by atoms with E-state index in [1.807, 2.05) is 0 Å². The minimum atomic E-state index is -2.31. The van der Waals surface area contributed by atoms with E-state index in [2.05, 4.69) is 0 Å². The molecule has 0 aromatic heterocycles. The molecule has 0 radical (unpaired) electrons. The lowest BCUT2D eigenvalue weighted by molar-refractivity contribution is -0.166. The molecule has 2 N–H and O–H groups in total. The maximum atomic E-state index is 10.6. The van der Waals surface area contributed by atoms with Crippen molar-refractivity contribution >= 4 is 17.7 Å². The minimum Gasteiger partial charge on any atom is -0.480 e. The van der Waals surface area contributed by atoms with Gasteiger partial charge in [-0.05, 0) is 13.8 Å². The Hall–Kier alpha value is -1.39. The van der Waals surface area contributed by atoms with Gasteiger partial charge in [-0.25, -0.2) is 0 Å². The van der Waals surface area contributed by atoms with E-state index >= 15 is 0 Å². The van der Waals surface area contributed by atoms with Gasteiger partial charge < -0.3 is 10.2 Å². The molecule has 0 atom stereocenters. The van der Waals surface area contributed by atoms with Crippen molar-refractivity contribution in [3.8, 4) is 0 Å². The summed E-state index contributed by atoms with van der Waals surface area (Å²) in [5, 5.41) is 16.7. The highest BCUT2D eigenvalue weighted by Crippen LogP contribution is 2.17. The number of hydrogen-bond acceptors (Lipinski definition) is 3. The van der Waals surface area contributed by atoms with E-state index in [0.29, 0.717) is 0 Å². The molecule has 5 heteroatoms. The number of rotatable bonds is 3. The van der Waals surface area contributed by atoms with Gasteiger partial charge in [-0.3, -0.25) is 14.4 Å². The van der Waals surface area contributed by atoms with Crippen molar-refractivity contribution in [3.63, 3.8) is 0 Å². The normalized spacial score (nSPS) is 10.7. The smallest absolute Gasteiger partial charge is 0.328 e. The van der Waals surface area contributed by atoms with Gasteiger partial charge in [-0.2, -0.15) is 0 Å². The van der Waals surface area contributed by atoms with E-state index in [0.717, 1.165) is 13.8 Å². The summed E-state index contributed by atoms with van der Waals surface area (Å²) in [6.07, 6.45) is 0. The third-order valence-electron chi connectivity index (χ3n) is 1.56. The third-order valence-corrected chi connectivity index (χ3v) is 1.56. The summed E-state index contributed by atoms with van der Waals surface area (Å²) in [6, 6.07) is 0. The van der Waals surface area contributed by atoms with Crippen LogP contribution in [0.4, 0.5) is 0 Å². The molecule has 0 saturated carbocycles. The van der Waals surface area contributed by atoms with E-state index < -0.39 is 23.1 Å². The first-order chi connectivity index (χ1) is 4.83. The molecule has 0 spiro atoms. The Morgan fingerprint density at radius 3 is 1.36 bits per heavy atom. The van der Waals surface area contributed by atoms with Crippen LogP contribution in [0.3, 0.4) is 0 Å². The molecule has 11 heavy (non-hydrogen) atoms. The van der Waals surface area contributed by atoms with Gasteiger partial charge in [-0.15, -0.1) is 0 Å². The van der Waals surface area contributed by atoms with Gasteiger partial charge in [0.15, 0.2) is 5.78 Å². The Balaban J connectivity index is 4.99. The third kappa shape index (κ3) is 1.36. The van der Waals surface area contributed by atoms with E-state index in [1.165, 1.54) is 0 Å². The summed E-state index contributed by atoms with van der Waals surface area (Å²) in [6.45, 7) is 1.79. The molecular weight excluding hydrogens is 152 g/mol. The molecule has 0 aliphatic rings. The standard InChI is InChI=1S/C6H8O5/c1-3(7)6(2,4(8)9)5(10)11/h1-2H3,(H,8,9)(H,10,11). The molecule has 0 amide bonds. The topological polar surface area (TPSA) is 91.7 Å². The number of Topliss-reactive ketones (excluding diaryl/α,β-unsaturated/α-hetero) is 1. The molecular formula is C6H8O5. The molecule has 0 rings (SSSR count). The first kappa shape index (κ1) is 9.61. The zero-order chi connectivity index (χ0) is 9.23. The lowest BCUT2D eigenvalue weighted by Gasteiger charge is -2.14. The Morgan fingerprint density at radius 2 is 1.36 bits per heavy atom. The van der Waals surface area contributed by atoms with Crippen molar-refractivity contribution in [2.75, 3.05) is 0 Å². The summed E-state index contributed by atoms with van der Waals surface area (Å²) >= 11 is 0. The Morgan fingerprint density at radius 1 is 1.09 bits per heavy atom. The number of ketones is 1. The van der Waals surface area contributed by atoms with Crippen molar-refractivity contribution in [2.45, 2.75) is 13.8 Å². The van der Waals surface area contributed by atoms with Crippen LogP contribution in [0.15, 0.2) is 0 Å². The fourth-order valence-electron chi connectivity index (χ4n) is 0.393. The van der Waals surface area contributed by atoms with Crippen LogP contribution in [0.5, 0.6) is 0 Å². The largest absolute Gasteiger partial charge is 0.480 e. The molecule has 0 aliphatic heterocycles. The van der Waals surface area contributed by atoms with E-state index in [-0.39, 0.29) is 0 Å². The van der Waals surface area contributed by atoms with Crippen molar-refractivity contribution in [3.05, 3.63) is 0 Å². The number of carbonyl (C=O) groups is 3. The van der Waals surface area contributed by atoms with Gasteiger partial charge >= 0.3 is 11.9 Å². The molecule has 0 aliphatic carbocycles. The number of aliphatic carboxylic acids is 2. The van der Waals surface area contributed by atoms with Crippen molar-refractivity contribution in [2.24, 2.45) is 5.41 Å². The van der Waals surface area contributed by atoms with Crippen LogP contribution < -0.4 is 0 Å². The van der Waals surface area contributed by atoms with Crippen LogP contribution in [0.2, 0.25) is 0 Å². The Labute approximate surface area is 62.6 Å². The number of carboxylic acids is 2. The second-order valence-corrected chi connectivity index (χ2v) is 2.29. The zero-order valence-corrected chi connectivity index (χ0v) is 6.12. The maximum Gasteiger partial charge on any atom is 0.328 e. The summed E-state index contributed by atoms with van der Waals surface area (Å²) in [5.74, 6) is -4.17. The van der Waals surface area contributed by atoms with Gasteiger partial charge in [0.2, 0.25) is 5.41 Å². The Kier molecular flexibility index (Phi) is 2.35. The maximum absolute atomic E-state index is 10.6. The van der Waals surface area contributed by atoms with Crippen LogP contribution in [-0.2, 0) is 14.4 Å². The lowest BCUT2D eigenvalue weighted by atomic mass is 9.87. The van der Waals surface area contributed by atoms with Gasteiger partial charge in [0, 0.05) is 0 Å². The summed E-state index contributed by atoms with van der Waals surface area (Å²) < 4.78 is 0. The molecule has 0 aromatic carbocycles. The van der Waals surface area contributed by atoms with Gasteiger partial charge in [0.25, 0.3) is 0 Å². The summed E-state index contributed by atoms with van der Waals surface area (Å²) in [4.78, 5) is 31.2. The van der Waals surface area contributed by atoms with Gasteiger partial charge in [0.1, 0.15) is 0 Å². The highest BCUT2D eigenvalue weighted by molar-refractivity contribution is 6.17. The highest BCUT2D eigenvalue weighted by atomic mass is 16.4. The predicted molar refractivity (Wildman–Crippen MR) is 34.1 cm³/mol. The molecule has 62 valence electrons. The molecule has 0 saturated heterocycles. The Bertz CT molecular complexity index is 181. The minimum absolute atomic E-state index is 0.861. The lowest BCUT2D eigenvalue weighted by Crippen LogP contribution is -2.42. The number of carbonyl (C=O) groups excluding carboxylic acids is 1. The van der Waals surface area contributed by atoms with E-state index in [1.54, 1.807) is 0 Å². The van der Waals surface area contributed by atoms with Crippen LogP contribution >= 0.6 is 0 Å². The average molecular weight is 160 g/mol. The highest BCUT2D eigenvalue weighted by Gasteiger charge is 2.46. The molecule has 5 nitrogen and oxygen atoms in total. The number of carboxylic acid groups (broad SMARTS) is 2. The zero-order valence-electron chi connectivity index (χ0n) is 6.12. The fraction of sp³-hybridized carbons (Fsp3) is 0.500. The predicted octanol–water partition coefficient (Wildman–Crippen LogP) is -0.249. The van der Waals surface area contributed by atoms with Gasteiger partial charge in [0.05, 0.1) is 0 Å². The SMILES string of the molecule is CC(=O)C(C)(C(=O)O)C(=O)O. The van der Waals surface area contributed by atoms with E-state index in [4.69, 9.17) is 10.2 Å². The quantitative estimate of drug-likeness (QED) is 0.555. The van der Waals surface area contributed by atoms with Crippen LogP contribution in [0.1, 0.15) is 13.8 Å². The van der Waals surface area contributed by atoms with Crippen molar-refractivity contribution in [1.29, 1.82) is 0 Å². The van der Waals surface area contributed by atoms with Gasteiger partial charge in [-0.1, -0.05) is 0 Å². The van der Waals surface area contributed by atoms with Crippen LogP contribution in [0, 0.1) is 5.41 Å². The summed E-state index contributed by atoms with van der Waals surface area (Å²) in [5.41, 5.74) is -2.31. The van der Waals surface area contributed by atoms with Crippen molar-refractivity contribution < 1.29 is 24.6 Å². The average Bonchev–Trinajstić information content (AvgIpc) is 1.84. The first-order valence-electron chi connectivity index (χ1n) is 2.81. The summed E-state index contributed by atoms with van der Waals surface area (Å²) in [7, 11) is 0. The van der Waals surface area contributed by atoms with Crippen LogP contribution in [0.25, 0.3) is 0 Å². The first-order valence-corrected chi connectivity index (χ1v) is 2.81. The van der Waals surface area contributed by atoms with Crippen molar-refractivity contribution in [1.82, 2.24) is 0 Å². The van der Waals surface area contributed by atoms with E-state index in [9.17, 15) is 14.4 Å². The second-order valence-electron chi connectivity index (χ2n) is 2.29. The molecule has 0 heterocycles.